The van der Waals surface area contributed by atoms with Crippen molar-refractivity contribution in [3.63, 3.8) is 0 Å². The molecule has 0 unspecified atom stereocenters. The van der Waals surface area contributed by atoms with Crippen molar-refractivity contribution in [2.45, 2.75) is 33.6 Å². The highest BCUT2D eigenvalue weighted by Gasteiger charge is 2.17. The van der Waals surface area contributed by atoms with Crippen LogP contribution in [0.2, 0.25) is 0 Å². The summed E-state index contributed by atoms with van der Waals surface area (Å²) in [7, 11) is 1.55. The van der Waals surface area contributed by atoms with Gasteiger partial charge in [0.1, 0.15) is 22.4 Å². The number of rotatable bonds is 5. The number of carbonyl (C=O) groups excluding carboxylic acids is 1. The quantitative estimate of drug-likeness (QED) is 0.652. The summed E-state index contributed by atoms with van der Waals surface area (Å²) in [6.45, 7) is 5.62. The van der Waals surface area contributed by atoms with E-state index < -0.39 is 5.63 Å². The van der Waals surface area contributed by atoms with E-state index in [9.17, 15) is 14.9 Å². The second-order valence-corrected chi connectivity index (χ2v) is 7.73. The molecule has 0 radical (unpaired) electrons. The molecule has 1 aromatic carbocycles. The van der Waals surface area contributed by atoms with Gasteiger partial charge in [0.15, 0.2) is 0 Å². The summed E-state index contributed by atoms with van der Waals surface area (Å²) >= 11 is 1.38. The molecule has 7 heteroatoms. The van der Waals surface area contributed by atoms with Gasteiger partial charge < -0.3 is 14.5 Å². The second kappa shape index (κ2) is 7.87. The average Bonchev–Trinajstić information content (AvgIpc) is 2.93. The first kappa shape index (κ1) is 19.6. The lowest BCUT2D eigenvalue weighted by molar-refractivity contribution is -0.116. The van der Waals surface area contributed by atoms with Gasteiger partial charge in [0.05, 0.1) is 12.7 Å². The molecule has 0 aliphatic heterocycles. The van der Waals surface area contributed by atoms with Crippen molar-refractivity contribution in [1.82, 2.24) is 0 Å². The van der Waals surface area contributed by atoms with Gasteiger partial charge in [-0.15, -0.1) is 11.3 Å². The van der Waals surface area contributed by atoms with Crippen molar-refractivity contribution in [3.05, 3.63) is 55.8 Å². The molecule has 144 valence electrons. The summed E-state index contributed by atoms with van der Waals surface area (Å²) in [6, 6.07) is 7.45. The Morgan fingerprint density at radius 1 is 1.29 bits per heavy atom. The molecule has 0 saturated carbocycles. The summed E-state index contributed by atoms with van der Waals surface area (Å²) in [6.07, 6.45) is 0.376. The highest BCUT2D eigenvalue weighted by molar-refractivity contribution is 7.16. The first-order valence-electron chi connectivity index (χ1n) is 8.76. The number of methoxy groups -OCH3 is 1. The first-order valence-corrected chi connectivity index (χ1v) is 9.57. The van der Waals surface area contributed by atoms with Crippen LogP contribution in [-0.4, -0.2) is 13.0 Å². The molecule has 0 aliphatic rings. The van der Waals surface area contributed by atoms with Crippen molar-refractivity contribution >= 4 is 33.2 Å². The Hall–Kier alpha value is -3.11. The van der Waals surface area contributed by atoms with E-state index in [-0.39, 0.29) is 18.7 Å². The van der Waals surface area contributed by atoms with Crippen LogP contribution in [0.3, 0.4) is 0 Å². The molecule has 2 aromatic heterocycles. The molecule has 2 heterocycles. The summed E-state index contributed by atoms with van der Waals surface area (Å²) in [4.78, 5) is 25.8. The van der Waals surface area contributed by atoms with Gasteiger partial charge in [-0.25, -0.2) is 4.79 Å². The van der Waals surface area contributed by atoms with Crippen molar-refractivity contribution in [2.75, 3.05) is 12.4 Å². The average molecular weight is 396 g/mol. The number of nitrogens with one attached hydrogen (secondary N) is 1. The van der Waals surface area contributed by atoms with Gasteiger partial charge in [-0.1, -0.05) is 0 Å². The van der Waals surface area contributed by atoms with Crippen LogP contribution in [0, 0.1) is 32.1 Å². The minimum Gasteiger partial charge on any atom is -0.497 e. The Balaban J connectivity index is 1.80. The van der Waals surface area contributed by atoms with Gasteiger partial charge in [0, 0.05) is 28.3 Å². The summed E-state index contributed by atoms with van der Waals surface area (Å²) in [5, 5.41) is 13.4. The Morgan fingerprint density at radius 2 is 2.04 bits per heavy atom. The van der Waals surface area contributed by atoms with Crippen LogP contribution in [0.4, 0.5) is 5.00 Å². The number of amides is 1. The number of carbonyl (C=O) groups is 1. The molecule has 0 spiro atoms. The number of aryl methyl sites for hydroxylation is 2. The minimum atomic E-state index is -0.452. The molecule has 3 aromatic rings. The number of anilines is 1. The van der Waals surface area contributed by atoms with Crippen LogP contribution in [0.5, 0.6) is 5.75 Å². The van der Waals surface area contributed by atoms with E-state index >= 15 is 0 Å². The summed E-state index contributed by atoms with van der Waals surface area (Å²) in [5.74, 6) is 0.364. The molecule has 0 atom stereocenters. The highest BCUT2D eigenvalue weighted by atomic mass is 32.1. The fourth-order valence-electron chi connectivity index (χ4n) is 3.07. The third-order valence-electron chi connectivity index (χ3n) is 4.85. The van der Waals surface area contributed by atoms with E-state index in [4.69, 9.17) is 9.15 Å². The number of nitriles is 1. The standard InChI is InChI=1S/C21H20N2O4S/c1-11-13(3)28-20(17(11)10-22)23-19(24)8-7-16-12(2)15-6-5-14(26-4)9-18(15)27-21(16)25/h5-6,9H,7-8H2,1-4H3,(H,23,24). The van der Waals surface area contributed by atoms with Crippen LogP contribution < -0.4 is 15.7 Å². The zero-order valence-corrected chi connectivity index (χ0v) is 17.0. The summed E-state index contributed by atoms with van der Waals surface area (Å²) < 4.78 is 10.6. The van der Waals surface area contributed by atoms with E-state index in [1.54, 1.807) is 19.2 Å². The molecule has 3 rings (SSSR count). The fourth-order valence-corrected chi connectivity index (χ4v) is 4.09. The Bertz CT molecular complexity index is 1170. The molecule has 0 saturated heterocycles. The lowest BCUT2D eigenvalue weighted by Crippen LogP contribution is -2.16. The number of hydrogen-bond donors (Lipinski definition) is 1. The van der Waals surface area contributed by atoms with Gasteiger partial charge in [-0.3, -0.25) is 4.79 Å². The normalized spacial score (nSPS) is 10.7. The van der Waals surface area contributed by atoms with Crippen LogP contribution in [0.15, 0.2) is 27.4 Å². The molecule has 0 fully saturated rings. The highest BCUT2D eigenvalue weighted by Crippen LogP contribution is 2.32. The van der Waals surface area contributed by atoms with Crippen LogP contribution >= 0.6 is 11.3 Å². The molecule has 0 aliphatic carbocycles. The van der Waals surface area contributed by atoms with Crippen molar-refractivity contribution in [3.8, 4) is 11.8 Å². The molecule has 1 N–H and O–H groups in total. The maximum atomic E-state index is 12.4. The van der Waals surface area contributed by atoms with Gasteiger partial charge in [0.25, 0.3) is 0 Å². The lowest BCUT2D eigenvalue weighted by atomic mass is 10.0. The van der Waals surface area contributed by atoms with E-state index in [1.165, 1.54) is 11.3 Å². The molecular formula is C21H20N2O4S. The van der Waals surface area contributed by atoms with Gasteiger partial charge >= 0.3 is 5.63 Å². The predicted molar refractivity (Wildman–Crippen MR) is 109 cm³/mol. The van der Waals surface area contributed by atoms with Crippen molar-refractivity contribution in [1.29, 1.82) is 5.26 Å². The Morgan fingerprint density at radius 3 is 2.71 bits per heavy atom. The zero-order valence-electron chi connectivity index (χ0n) is 16.1. The molecule has 28 heavy (non-hydrogen) atoms. The first-order chi connectivity index (χ1) is 13.3. The van der Waals surface area contributed by atoms with E-state index in [0.29, 0.717) is 27.5 Å². The zero-order chi connectivity index (χ0) is 20.4. The molecule has 0 bridgehead atoms. The van der Waals surface area contributed by atoms with E-state index in [2.05, 4.69) is 11.4 Å². The maximum absolute atomic E-state index is 12.4. The van der Waals surface area contributed by atoms with Gasteiger partial charge in [-0.05, 0) is 50.5 Å². The van der Waals surface area contributed by atoms with Crippen LogP contribution in [-0.2, 0) is 11.2 Å². The second-order valence-electron chi connectivity index (χ2n) is 6.50. The monoisotopic (exact) mass is 396 g/mol. The molecular weight excluding hydrogens is 376 g/mol. The number of fused-ring (bicyclic) bond motifs is 1. The van der Waals surface area contributed by atoms with Crippen molar-refractivity contribution in [2.24, 2.45) is 0 Å². The Kier molecular flexibility index (Phi) is 5.52. The van der Waals surface area contributed by atoms with Crippen LogP contribution in [0.1, 0.15) is 33.6 Å². The summed E-state index contributed by atoms with van der Waals surface area (Å²) in [5.41, 5.74) is 2.65. The number of thiophene rings is 1. The SMILES string of the molecule is COc1ccc2c(C)c(CCC(=O)Nc3sc(C)c(C)c3C#N)c(=O)oc2c1. The topological polar surface area (TPSA) is 92.3 Å². The fraction of sp³-hybridized carbons (Fsp3) is 0.286. The van der Waals surface area contributed by atoms with Gasteiger partial charge in [0.2, 0.25) is 5.91 Å². The third kappa shape index (κ3) is 3.64. The van der Waals surface area contributed by atoms with E-state index in [1.807, 2.05) is 26.8 Å². The van der Waals surface area contributed by atoms with E-state index in [0.717, 1.165) is 21.4 Å². The molecule has 6 nitrogen and oxygen atoms in total. The number of nitrogens with zero attached hydrogens (tertiary/aromatic N) is 1. The minimum absolute atomic E-state index is 0.119. The number of benzene rings is 1. The van der Waals surface area contributed by atoms with Crippen LogP contribution in [0.25, 0.3) is 11.0 Å². The Labute approximate surface area is 166 Å². The van der Waals surface area contributed by atoms with Crippen molar-refractivity contribution < 1.29 is 13.9 Å². The number of hydrogen-bond acceptors (Lipinski definition) is 6. The molecule has 1 amide bonds. The smallest absolute Gasteiger partial charge is 0.339 e. The third-order valence-corrected chi connectivity index (χ3v) is 5.97. The van der Waals surface area contributed by atoms with Gasteiger partial charge in [-0.2, -0.15) is 5.26 Å². The maximum Gasteiger partial charge on any atom is 0.339 e. The predicted octanol–water partition coefficient (Wildman–Crippen LogP) is 4.23. The number of ether oxygens (including phenoxy) is 1. The lowest BCUT2D eigenvalue weighted by Gasteiger charge is -2.09. The largest absolute Gasteiger partial charge is 0.497 e.